The summed E-state index contributed by atoms with van der Waals surface area (Å²) in [5.74, 6) is 0.846. The highest BCUT2D eigenvalue weighted by Crippen LogP contribution is 2.19. The molecule has 0 aliphatic rings. The normalized spacial score (nSPS) is 10.6. The Morgan fingerprint density at radius 3 is 2.95 bits per heavy atom. The molecule has 0 saturated carbocycles. The molecule has 0 spiro atoms. The van der Waals surface area contributed by atoms with E-state index < -0.39 is 6.03 Å². The highest BCUT2D eigenvalue weighted by Gasteiger charge is 2.00. The zero-order valence-electron chi connectivity index (χ0n) is 11.5. The molecule has 0 heterocycles. The van der Waals surface area contributed by atoms with Crippen LogP contribution in [0.25, 0.3) is 0 Å². The highest BCUT2D eigenvalue weighted by molar-refractivity contribution is 5.82. The fourth-order valence-corrected chi connectivity index (χ4v) is 1.56. The summed E-state index contributed by atoms with van der Waals surface area (Å²) in [6.07, 6.45) is 4.93. The number of nitrogens with two attached hydrogens (primary N) is 1. The van der Waals surface area contributed by atoms with Crippen molar-refractivity contribution in [2.75, 3.05) is 6.61 Å². The number of amides is 2. The zero-order valence-corrected chi connectivity index (χ0v) is 11.5. The predicted molar refractivity (Wildman–Crippen MR) is 76.5 cm³/mol. The first kappa shape index (κ1) is 15.0. The molecule has 1 rings (SSSR count). The molecule has 5 nitrogen and oxygen atoms in total. The molecule has 0 aromatic heterocycles. The van der Waals surface area contributed by atoms with Gasteiger partial charge < -0.3 is 10.5 Å². The van der Waals surface area contributed by atoms with Crippen molar-refractivity contribution in [1.82, 2.24) is 5.43 Å². The van der Waals surface area contributed by atoms with Gasteiger partial charge in [0.05, 0.1) is 12.8 Å². The van der Waals surface area contributed by atoms with Crippen molar-refractivity contribution in [2.45, 2.75) is 33.1 Å². The third kappa shape index (κ3) is 5.90. The number of hydrazone groups is 1. The van der Waals surface area contributed by atoms with Crippen LogP contribution in [0, 0.1) is 6.92 Å². The fraction of sp³-hybridized carbons (Fsp3) is 0.429. The van der Waals surface area contributed by atoms with E-state index in [1.165, 1.54) is 19.1 Å². The maximum Gasteiger partial charge on any atom is 0.332 e. The molecular weight excluding hydrogens is 242 g/mol. The third-order valence-electron chi connectivity index (χ3n) is 2.61. The van der Waals surface area contributed by atoms with Gasteiger partial charge in [-0.05, 0) is 30.5 Å². The van der Waals surface area contributed by atoms with Gasteiger partial charge in [0.2, 0.25) is 0 Å². The van der Waals surface area contributed by atoms with Gasteiger partial charge in [-0.15, -0.1) is 0 Å². The summed E-state index contributed by atoms with van der Waals surface area (Å²) in [6.45, 7) is 4.88. The van der Waals surface area contributed by atoms with Crippen LogP contribution >= 0.6 is 0 Å². The lowest BCUT2D eigenvalue weighted by atomic mass is 10.1. The molecule has 19 heavy (non-hydrogen) atoms. The van der Waals surface area contributed by atoms with E-state index in [0.29, 0.717) is 0 Å². The van der Waals surface area contributed by atoms with Gasteiger partial charge in [0, 0.05) is 0 Å². The summed E-state index contributed by atoms with van der Waals surface area (Å²) in [7, 11) is 0. The second-order valence-corrected chi connectivity index (χ2v) is 4.31. The van der Waals surface area contributed by atoms with Gasteiger partial charge in [-0.2, -0.15) is 5.10 Å². The lowest BCUT2D eigenvalue weighted by molar-refractivity contribution is 0.249. The number of hydrogen-bond donors (Lipinski definition) is 2. The number of nitrogens with one attached hydrogen (secondary N) is 1. The Morgan fingerprint density at radius 2 is 2.26 bits per heavy atom. The fourth-order valence-electron chi connectivity index (χ4n) is 1.56. The molecule has 1 aromatic rings. The molecule has 2 amide bonds. The van der Waals surface area contributed by atoms with Gasteiger partial charge in [0.1, 0.15) is 5.75 Å². The van der Waals surface area contributed by atoms with E-state index >= 15 is 0 Å². The van der Waals surface area contributed by atoms with Crippen LogP contribution in [0.4, 0.5) is 4.79 Å². The van der Waals surface area contributed by atoms with Crippen molar-refractivity contribution in [1.29, 1.82) is 0 Å². The monoisotopic (exact) mass is 263 g/mol. The van der Waals surface area contributed by atoms with Crippen molar-refractivity contribution in [3.63, 3.8) is 0 Å². The highest BCUT2D eigenvalue weighted by atomic mass is 16.5. The van der Waals surface area contributed by atoms with Gasteiger partial charge in [0.25, 0.3) is 0 Å². The molecule has 5 heteroatoms. The second-order valence-electron chi connectivity index (χ2n) is 4.31. The summed E-state index contributed by atoms with van der Waals surface area (Å²) in [4.78, 5) is 10.5. The number of benzene rings is 1. The van der Waals surface area contributed by atoms with Crippen LogP contribution < -0.4 is 15.9 Å². The van der Waals surface area contributed by atoms with E-state index in [-0.39, 0.29) is 0 Å². The first-order valence-corrected chi connectivity index (χ1v) is 6.45. The Bertz CT molecular complexity index is 444. The largest absolute Gasteiger partial charge is 0.493 e. The molecule has 0 atom stereocenters. The number of hydrogen-bond acceptors (Lipinski definition) is 3. The minimum atomic E-state index is -0.681. The number of ether oxygens (including phenoxy) is 1. The third-order valence-corrected chi connectivity index (χ3v) is 2.61. The van der Waals surface area contributed by atoms with Crippen LogP contribution in [-0.4, -0.2) is 18.9 Å². The summed E-state index contributed by atoms with van der Waals surface area (Å²) in [5.41, 5.74) is 9.00. The number of unbranched alkanes of at least 4 members (excludes halogenated alkanes) is 2. The molecule has 104 valence electrons. The number of aryl methyl sites for hydroxylation is 1. The average molecular weight is 263 g/mol. The average Bonchev–Trinajstić information content (AvgIpc) is 2.37. The van der Waals surface area contributed by atoms with Crippen molar-refractivity contribution >= 4 is 12.2 Å². The second kappa shape index (κ2) is 8.13. The number of primary amides is 1. The first-order chi connectivity index (χ1) is 9.13. The topological polar surface area (TPSA) is 76.7 Å². The molecule has 0 fully saturated rings. The van der Waals surface area contributed by atoms with Crippen molar-refractivity contribution in [2.24, 2.45) is 10.8 Å². The maximum atomic E-state index is 10.5. The molecule has 0 saturated heterocycles. The van der Waals surface area contributed by atoms with Crippen LogP contribution in [0.1, 0.15) is 37.3 Å². The van der Waals surface area contributed by atoms with Gasteiger partial charge in [-0.25, -0.2) is 10.2 Å². The van der Waals surface area contributed by atoms with Crippen LogP contribution in [0.15, 0.2) is 23.3 Å². The maximum absolute atomic E-state index is 10.5. The van der Waals surface area contributed by atoms with E-state index in [9.17, 15) is 4.79 Å². The summed E-state index contributed by atoms with van der Waals surface area (Å²) in [5, 5.41) is 3.72. The van der Waals surface area contributed by atoms with E-state index in [0.717, 1.165) is 29.9 Å². The summed E-state index contributed by atoms with van der Waals surface area (Å²) in [6, 6.07) is 5.08. The molecular formula is C14H21N3O2. The lowest BCUT2D eigenvalue weighted by Gasteiger charge is -2.09. The summed E-state index contributed by atoms with van der Waals surface area (Å²) < 4.78 is 5.73. The molecule has 1 aromatic carbocycles. The van der Waals surface area contributed by atoms with Gasteiger partial charge in [0.15, 0.2) is 0 Å². The van der Waals surface area contributed by atoms with Crippen molar-refractivity contribution < 1.29 is 9.53 Å². The van der Waals surface area contributed by atoms with Crippen molar-refractivity contribution in [3.05, 3.63) is 29.3 Å². The van der Waals surface area contributed by atoms with E-state index in [1.807, 2.05) is 25.1 Å². The van der Waals surface area contributed by atoms with Gasteiger partial charge in [-0.1, -0.05) is 31.9 Å². The Balaban J connectivity index is 2.60. The number of carbonyl (C=O) groups excluding carboxylic acids is 1. The Morgan fingerprint density at radius 1 is 1.47 bits per heavy atom. The Kier molecular flexibility index (Phi) is 6.43. The quantitative estimate of drug-likeness (QED) is 0.450. The van der Waals surface area contributed by atoms with Crippen molar-refractivity contribution in [3.8, 4) is 5.75 Å². The van der Waals surface area contributed by atoms with Crippen LogP contribution in [0.3, 0.4) is 0 Å². The van der Waals surface area contributed by atoms with Crippen LogP contribution in [-0.2, 0) is 0 Å². The number of rotatable bonds is 7. The molecule has 0 radical (unpaired) electrons. The Labute approximate surface area is 113 Å². The Hall–Kier alpha value is -2.04. The number of carbonyl (C=O) groups is 1. The smallest absolute Gasteiger partial charge is 0.332 e. The van der Waals surface area contributed by atoms with E-state index in [2.05, 4.69) is 17.5 Å². The standard InChI is InChI=1S/C14H21N3O2/c1-3-4-5-8-19-13-9-12(7-6-11(13)2)10-16-17-14(15)18/h6-7,9-10H,3-5,8H2,1-2H3,(H3,15,17,18). The molecule has 0 bridgehead atoms. The van der Waals surface area contributed by atoms with E-state index in [4.69, 9.17) is 10.5 Å². The van der Waals surface area contributed by atoms with Gasteiger partial charge >= 0.3 is 6.03 Å². The predicted octanol–water partition coefficient (Wildman–Crippen LogP) is 2.57. The van der Waals surface area contributed by atoms with Crippen LogP contribution in [0.2, 0.25) is 0 Å². The number of urea groups is 1. The van der Waals surface area contributed by atoms with Gasteiger partial charge in [-0.3, -0.25) is 0 Å². The van der Waals surface area contributed by atoms with Crippen LogP contribution in [0.5, 0.6) is 5.75 Å². The zero-order chi connectivity index (χ0) is 14.1. The molecule has 3 N–H and O–H groups in total. The first-order valence-electron chi connectivity index (χ1n) is 6.45. The summed E-state index contributed by atoms with van der Waals surface area (Å²) >= 11 is 0. The minimum absolute atomic E-state index is 0.681. The SMILES string of the molecule is CCCCCOc1cc(C=NNC(N)=O)ccc1C. The molecule has 0 aliphatic heterocycles. The molecule has 0 aliphatic carbocycles. The molecule has 0 unspecified atom stereocenters. The lowest BCUT2D eigenvalue weighted by Crippen LogP contribution is -2.24. The minimum Gasteiger partial charge on any atom is -0.493 e. The van der Waals surface area contributed by atoms with E-state index in [1.54, 1.807) is 0 Å². The number of nitrogens with zero attached hydrogens (tertiary/aromatic N) is 1.